The van der Waals surface area contributed by atoms with E-state index >= 15 is 0 Å². The summed E-state index contributed by atoms with van der Waals surface area (Å²) in [5.74, 6) is -0.496. The molecular weight excluding hydrogens is 345 g/mol. The highest BCUT2D eigenvalue weighted by Crippen LogP contribution is 2.33. The number of nitrogens with one attached hydrogen (secondary N) is 2. The Hall–Kier alpha value is -2.06. The minimum absolute atomic E-state index is 0. The topological polar surface area (TPSA) is 59.0 Å². The number of benzene rings is 1. The molecule has 1 aromatic heterocycles. The van der Waals surface area contributed by atoms with Gasteiger partial charge in [0.15, 0.2) is 5.69 Å². The molecule has 5 nitrogen and oxygen atoms in total. The first-order valence-electron chi connectivity index (χ1n) is 7.16. The summed E-state index contributed by atoms with van der Waals surface area (Å²) < 4.78 is 41.0. The lowest BCUT2D eigenvalue weighted by Gasteiger charge is -2.27. The van der Waals surface area contributed by atoms with Gasteiger partial charge < -0.3 is 10.6 Å². The first kappa shape index (κ1) is 18.3. The molecule has 1 aromatic carbocycles. The maximum absolute atomic E-state index is 13.4. The summed E-state index contributed by atoms with van der Waals surface area (Å²) in [7, 11) is 0. The molecule has 2 heterocycles. The summed E-state index contributed by atoms with van der Waals surface area (Å²) in [6, 6.07) is 7.93. The van der Waals surface area contributed by atoms with Crippen molar-refractivity contribution in [3.05, 3.63) is 47.8 Å². The lowest BCUT2D eigenvalue weighted by Crippen LogP contribution is -2.48. The Morgan fingerprint density at radius 2 is 1.96 bits per heavy atom. The maximum Gasteiger partial charge on any atom is 0.434 e. The SMILES string of the molecule is Cl.O=C(NCC1CNC1)c1cnn(-c2ccccc2)c1C(F)(F)F. The molecule has 9 heteroatoms. The van der Waals surface area contributed by atoms with Crippen LogP contribution in [0.5, 0.6) is 0 Å². The highest BCUT2D eigenvalue weighted by Gasteiger charge is 2.40. The van der Waals surface area contributed by atoms with Gasteiger partial charge in [-0.2, -0.15) is 18.3 Å². The van der Waals surface area contributed by atoms with Crippen molar-refractivity contribution >= 4 is 18.3 Å². The Bertz CT molecular complexity index is 698. The predicted octanol–water partition coefficient (Wildman–Crippen LogP) is 2.26. The summed E-state index contributed by atoms with van der Waals surface area (Å²) in [4.78, 5) is 12.1. The molecule has 2 N–H and O–H groups in total. The fourth-order valence-corrected chi connectivity index (χ4v) is 2.38. The Balaban J connectivity index is 0.00000208. The van der Waals surface area contributed by atoms with Gasteiger partial charge >= 0.3 is 6.18 Å². The van der Waals surface area contributed by atoms with Gasteiger partial charge in [-0.15, -0.1) is 12.4 Å². The Labute approximate surface area is 142 Å². The smallest absolute Gasteiger partial charge is 0.352 e. The van der Waals surface area contributed by atoms with Crippen molar-refractivity contribution in [1.29, 1.82) is 0 Å². The Kier molecular flexibility index (Phi) is 5.51. The number of alkyl halides is 3. The van der Waals surface area contributed by atoms with Crippen LogP contribution < -0.4 is 10.6 Å². The van der Waals surface area contributed by atoms with E-state index < -0.39 is 23.3 Å². The van der Waals surface area contributed by atoms with E-state index in [0.29, 0.717) is 6.54 Å². The number of carbonyl (C=O) groups excluding carboxylic acids is 1. The molecule has 24 heavy (non-hydrogen) atoms. The van der Waals surface area contributed by atoms with Crippen molar-refractivity contribution < 1.29 is 18.0 Å². The van der Waals surface area contributed by atoms with Gasteiger partial charge in [-0.25, -0.2) is 4.68 Å². The summed E-state index contributed by atoms with van der Waals surface area (Å²) >= 11 is 0. The molecule has 1 saturated heterocycles. The van der Waals surface area contributed by atoms with Crippen LogP contribution in [0, 0.1) is 5.92 Å². The number of hydrogen-bond acceptors (Lipinski definition) is 3. The largest absolute Gasteiger partial charge is 0.434 e. The molecular formula is C15H16ClF3N4O. The summed E-state index contributed by atoms with van der Waals surface area (Å²) in [6.45, 7) is 1.87. The van der Waals surface area contributed by atoms with Crippen molar-refractivity contribution in [2.24, 2.45) is 5.92 Å². The third-order valence-corrected chi connectivity index (χ3v) is 3.70. The number of halogens is 4. The van der Waals surface area contributed by atoms with Crippen LogP contribution in [0.3, 0.4) is 0 Å². The molecule has 0 bridgehead atoms. The van der Waals surface area contributed by atoms with E-state index in [9.17, 15) is 18.0 Å². The Morgan fingerprint density at radius 1 is 1.29 bits per heavy atom. The van der Waals surface area contributed by atoms with Crippen LogP contribution in [-0.4, -0.2) is 35.3 Å². The molecule has 0 spiro atoms. The number of para-hydroxylation sites is 1. The van der Waals surface area contributed by atoms with Crippen LogP contribution >= 0.6 is 12.4 Å². The van der Waals surface area contributed by atoms with E-state index in [1.165, 1.54) is 12.1 Å². The molecule has 1 amide bonds. The highest BCUT2D eigenvalue weighted by molar-refractivity contribution is 5.95. The zero-order chi connectivity index (χ0) is 16.4. The first-order chi connectivity index (χ1) is 11.0. The number of aromatic nitrogens is 2. The highest BCUT2D eigenvalue weighted by atomic mass is 35.5. The van der Waals surface area contributed by atoms with E-state index in [2.05, 4.69) is 15.7 Å². The zero-order valence-corrected chi connectivity index (χ0v) is 13.3. The molecule has 1 fully saturated rings. The van der Waals surface area contributed by atoms with Gasteiger partial charge in [0.25, 0.3) is 5.91 Å². The number of amides is 1. The van der Waals surface area contributed by atoms with Gasteiger partial charge in [-0.3, -0.25) is 4.79 Å². The van der Waals surface area contributed by atoms with E-state index in [4.69, 9.17) is 0 Å². The van der Waals surface area contributed by atoms with Crippen molar-refractivity contribution in [1.82, 2.24) is 20.4 Å². The standard InChI is InChI=1S/C15H15F3N4O.ClH/c16-15(17,18)13-12(14(23)20-8-10-6-19-7-10)9-21-22(13)11-4-2-1-3-5-11;/h1-5,9-10,19H,6-8H2,(H,20,23);1H. The monoisotopic (exact) mass is 360 g/mol. The van der Waals surface area contributed by atoms with Crippen LogP contribution in [0.4, 0.5) is 13.2 Å². The van der Waals surface area contributed by atoms with E-state index in [0.717, 1.165) is 24.0 Å². The van der Waals surface area contributed by atoms with E-state index in [1.807, 2.05) is 0 Å². The molecule has 0 atom stereocenters. The average molecular weight is 361 g/mol. The van der Waals surface area contributed by atoms with Gasteiger partial charge in [0, 0.05) is 25.6 Å². The average Bonchev–Trinajstić information content (AvgIpc) is 2.91. The molecule has 130 valence electrons. The zero-order valence-electron chi connectivity index (χ0n) is 12.5. The van der Waals surface area contributed by atoms with Crippen LogP contribution in [0.2, 0.25) is 0 Å². The number of hydrogen-bond donors (Lipinski definition) is 2. The van der Waals surface area contributed by atoms with E-state index in [-0.39, 0.29) is 24.0 Å². The molecule has 0 aliphatic carbocycles. The lowest BCUT2D eigenvalue weighted by molar-refractivity contribution is -0.143. The van der Waals surface area contributed by atoms with Crippen molar-refractivity contribution in [2.75, 3.05) is 19.6 Å². The van der Waals surface area contributed by atoms with Gasteiger partial charge in [-0.05, 0) is 12.1 Å². The van der Waals surface area contributed by atoms with Crippen LogP contribution in [-0.2, 0) is 6.18 Å². The van der Waals surface area contributed by atoms with Crippen LogP contribution in [0.15, 0.2) is 36.5 Å². The van der Waals surface area contributed by atoms with Crippen molar-refractivity contribution in [3.63, 3.8) is 0 Å². The second kappa shape index (κ2) is 7.23. The molecule has 2 aromatic rings. The molecule has 1 aliphatic rings. The molecule has 0 unspecified atom stereocenters. The third kappa shape index (κ3) is 3.70. The molecule has 0 radical (unpaired) electrons. The summed E-state index contributed by atoms with van der Waals surface area (Å²) in [6.07, 6.45) is -3.72. The molecule has 3 rings (SSSR count). The van der Waals surface area contributed by atoms with Gasteiger partial charge in [0.1, 0.15) is 0 Å². The van der Waals surface area contributed by atoms with Gasteiger partial charge in [0.05, 0.1) is 17.4 Å². The van der Waals surface area contributed by atoms with Crippen LogP contribution in [0.1, 0.15) is 16.1 Å². The van der Waals surface area contributed by atoms with E-state index in [1.54, 1.807) is 18.2 Å². The minimum atomic E-state index is -4.68. The van der Waals surface area contributed by atoms with Crippen molar-refractivity contribution in [2.45, 2.75) is 6.18 Å². The fourth-order valence-electron chi connectivity index (χ4n) is 2.38. The molecule has 0 saturated carbocycles. The third-order valence-electron chi connectivity index (χ3n) is 3.70. The second-order valence-corrected chi connectivity index (χ2v) is 5.39. The van der Waals surface area contributed by atoms with Crippen molar-refractivity contribution in [3.8, 4) is 5.69 Å². The quantitative estimate of drug-likeness (QED) is 0.879. The van der Waals surface area contributed by atoms with Crippen LogP contribution in [0.25, 0.3) is 5.69 Å². The normalized spacial score (nSPS) is 14.6. The second-order valence-electron chi connectivity index (χ2n) is 5.39. The maximum atomic E-state index is 13.4. The number of rotatable bonds is 4. The van der Waals surface area contributed by atoms with Gasteiger partial charge in [0.2, 0.25) is 0 Å². The fraction of sp³-hybridized carbons (Fsp3) is 0.333. The number of nitrogens with zero attached hydrogens (tertiary/aromatic N) is 2. The Morgan fingerprint density at radius 3 is 2.50 bits per heavy atom. The number of carbonyl (C=O) groups is 1. The van der Waals surface area contributed by atoms with Gasteiger partial charge in [-0.1, -0.05) is 18.2 Å². The lowest BCUT2D eigenvalue weighted by atomic mass is 10.0. The first-order valence-corrected chi connectivity index (χ1v) is 7.16. The summed E-state index contributed by atoms with van der Waals surface area (Å²) in [5.41, 5.74) is -1.27. The predicted molar refractivity (Wildman–Crippen MR) is 84.5 cm³/mol. The molecule has 1 aliphatic heterocycles. The summed E-state index contributed by atoms with van der Waals surface area (Å²) in [5, 5.41) is 9.34. The minimum Gasteiger partial charge on any atom is -0.352 e.